The van der Waals surface area contributed by atoms with Gasteiger partial charge in [-0.15, -0.1) is 0 Å². The molecule has 1 N–H and O–H groups in total. The minimum Gasteiger partial charge on any atom is -0.381 e. The number of nitrogens with one attached hydrogen (secondary N) is 1. The largest absolute Gasteiger partial charge is 0.381 e. The highest BCUT2D eigenvalue weighted by Crippen LogP contribution is 2.38. The molecule has 0 amide bonds. The third-order valence-electron chi connectivity index (χ3n) is 4.42. The molecule has 2 heterocycles. The van der Waals surface area contributed by atoms with Gasteiger partial charge < -0.3 is 15.0 Å². The fourth-order valence-electron chi connectivity index (χ4n) is 3.25. The second-order valence-electron chi connectivity index (χ2n) is 6.75. The van der Waals surface area contributed by atoms with Crippen molar-refractivity contribution in [1.82, 2.24) is 4.98 Å². The van der Waals surface area contributed by atoms with Gasteiger partial charge in [0.2, 0.25) is 0 Å². The van der Waals surface area contributed by atoms with E-state index in [0.29, 0.717) is 11.5 Å². The molecule has 2 fully saturated rings. The van der Waals surface area contributed by atoms with Crippen molar-refractivity contribution in [3.05, 3.63) is 18.3 Å². The van der Waals surface area contributed by atoms with Crippen molar-refractivity contribution >= 4 is 11.5 Å². The molecule has 3 rings (SSSR count). The lowest BCUT2D eigenvalue weighted by atomic mass is 9.92. The van der Waals surface area contributed by atoms with Gasteiger partial charge in [0.05, 0.1) is 25.1 Å². The summed E-state index contributed by atoms with van der Waals surface area (Å²) >= 11 is 0. The summed E-state index contributed by atoms with van der Waals surface area (Å²) < 4.78 is 5.37. The molecule has 0 spiro atoms. The maximum Gasteiger partial charge on any atom is 0.128 e. The molecule has 4 heteroatoms. The summed E-state index contributed by atoms with van der Waals surface area (Å²) in [6.07, 6.45) is 5.79. The number of hydrogen-bond donors (Lipinski definition) is 1. The Hall–Kier alpha value is -1.29. The van der Waals surface area contributed by atoms with E-state index in [-0.39, 0.29) is 0 Å². The average molecular weight is 275 g/mol. The van der Waals surface area contributed by atoms with Gasteiger partial charge in [-0.05, 0) is 36.8 Å². The molecule has 0 aromatic carbocycles. The summed E-state index contributed by atoms with van der Waals surface area (Å²) in [5, 5.41) is 3.62. The minimum atomic E-state index is 0.485. The second kappa shape index (κ2) is 5.60. The van der Waals surface area contributed by atoms with Crippen LogP contribution in [0.25, 0.3) is 0 Å². The monoisotopic (exact) mass is 275 g/mol. The Morgan fingerprint density at radius 3 is 2.70 bits per heavy atom. The number of rotatable bonds is 3. The molecule has 2 aliphatic rings. The number of morpholine rings is 1. The van der Waals surface area contributed by atoms with Crippen molar-refractivity contribution in [1.29, 1.82) is 0 Å². The first-order valence-corrected chi connectivity index (χ1v) is 7.68. The Balaban J connectivity index is 1.59. The van der Waals surface area contributed by atoms with Crippen LogP contribution in [0.15, 0.2) is 18.3 Å². The molecule has 20 heavy (non-hydrogen) atoms. The normalized spacial score (nSPS) is 25.7. The van der Waals surface area contributed by atoms with Crippen molar-refractivity contribution < 1.29 is 4.74 Å². The summed E-state index contributed by atoms with van der Waals surface area (Å²) in [6.45, 7) is 8.20. The number of ether oxygens (including phenoxy) is 1. The first-order valence-electron chi connectivity index (χ1n) is 7.68. The Labute approximate surface area is 121 Å². The molecule has 110 valence electrons. The fraction of sp³-hybridized carbons (Fsp3) is 0.688. The maximum atomic E-state index is 5.37. The third kappa shape index (κ3) is 3.23. The van der Waals surface area contributed by atoms with E-state index in [9.17, 15) is 0 Å². The Bertz CT molecular complexity index is 438. The fourth-order valence-corrected chi connectivity index (χ4v) is 3.25. The number of nitrogens with zero attached hydrogens (tertiary/aromatic N) is 2. The zero-order chi connectivity index (χ0) is 14.0. The Morgan fingerprint density at radius 2 is 2.10 bits per heavy atom. The molecule has 1 aliphatic carbocycles. The van der Waals surface area contributed by atoms with Gasteiger partial charge in [-0.1, -0.05) is 13.8 Å². The zero-order valence-electron chi connectivity index (χ0n) is 12.6. The zero-order valence-corrected chi connectivity index (χ0v) is 12.6. The summed E-state index contributed by atoms with van der Waals surface area (Å²) in [5.41, 5.74) is 1.63. The molecule has 1 saturated heterocycles. The predicted octanol–water partition coefficient (Wildman–Crippen LogP) is 2.91. The average Bonchev–Trinajstić information content (AvgIpc) is 2.80. The van der Waals surface area contributed by atoms with Crippen molar-refractivity contribution in [2.24, 2.45) is 5.41 Å². The van der Waals surface area contributed by atoms with Crippen LogP contribution in [0.2, 0.25) is 0 Å². The van der Waals surface area contributed by atoms with Crippen LogP contribution < -0.4 is 10.2 Å². The van der Waals surface area contributed by atoms with E-state index < -0.39 is 0 Å². The molecule has 1 aromatic heterocycles. The molecular weight excluding hydrogens is 250 g/mol. The quantitative estimate of drug-likeness (QED) is 0.920. The van der Waals surface area contributed by atoms with E-state index in [0.717, 1.165) is 37.8 Å². The lowest BCUT2D eigenvalue weighted by Gasteiger charge is -2.28. The van der Waals surface area contributed by atoms with E-state index in [1.807, 2.05) is 6.20 Å². The molecule has 0 bridgehead atoms. The van der Waals surface area contributed by atoms with Crippen LogP contribution in [0, 0.1) is 5.41 Å². The first kappa shape index (κ1) is 13.7. The molecule has 1 unspecified atom stereocenters. The van der Waals surface area contributed by atoms with Crippen LogP contribution in [-0.4, -0.2) is 37.3 Å². The maximum absolute atomic E-state index is 5.37. The van der Waals surface area contributed by atoms with Crippen molar-refractivity contribution in [3.8, 4) is 0 Å². The van der Waals surface area contributed by atoms with Crippen LogP contribution in [0.1, 0.15) is 33.1 Å². The molecule has 1 aliphatic heterocycles. The summed E-state index contributed by atoms with van der Waals surface area (Å²) in [6, 6.07) is 4.87. The van der Waals surface area contributed by atoms with Gasteiger partial charge in [0.15, 0.2) is 0 Å². The molecule has 1 aromatic rings. The SMILES string of the molecule is CC1(C)CCC(Nc2ccc(N3CCOCC3)nc2)C1. The highest BCUT2D eigenvalue weighted by atomic mass is 16.5. The summed E-state index contributed by atoms with van der Waals surface area (Å²) in [4.78, 5) is 6.87. The number of hydrogen-bond acceptors (Lipinski definition) is 4. The lowest BCUT2D eigenvalue weighted by molar-refractivity contribution is 0.122. The van der Waals surface area contributed by atoms with Gasteiger partial charge in [-0.3, -0.25) is 0 Å². The minimum absolute atomic E-state index is 0.485. The Kier molecular flexibility index (Phi) is 3.83. The predicted molar refractivity (Wildman–Crippen MR) is 82.3 cm³/mol. The van der Waals surface area contributed by atoms with Crippen molar-refractivity contribution in [2.45, 2.75) is 39.2 Å². The van der Waals surface area contributed by atoms with Crippen LogP contribution in [0.4, 0.5) is 11.5 Å². The van der Waals surface area contributed by atoms with E-state index in [4.69, 9.17) is 4.74 Å². The smallest absolute Gasteiger partial charge is 0.128 e. The van der Waals surface area contributed by atoms with Gasteiger partial charge in [0, 0.05) is 19.1 Å². The van der Waals surface area contributed by atoms with E-state index in [2.05, 4.69) is 41.2 Å². The number of anilines is 2. The molecular formula is C16H25N3O. The van der Waals surface area contributed by atoms with Gasteiger partial charge in [0.1, 0.15) is 5.82 Å². The topological polar surface area (TPSA) is 37.4 Å². The van der Waals surface area contributed by atoms with Crippen LogP contribution >= 0.6 is 0 Å². The van der Waals surface area contributed by atoms with Gasteiger partial charge >= 0.3 is 0 Å². The lowest BCUT2D eigenvalue weighted by Crippen LogP contribution is -2.36. The highest BCUT2D eigenvalue weighted by Gasteiger charge is 2.30. The van der Waals surface area contributed by atoms with E-state index in [1.165, 1.54) is 19.3 Å². The summed E-state index contributed by atoms with van der Waals surface area (Å²) in [7, 11) is 0. The molecule has 0 radical (unpaired) electrons. The van der Waals surface area contributed by atoms with Crippen LogP contribution in [-0.2, 0) is 4.74 Å². The molecule has 1 saturated carbocycles. The van der Waals surface area contributed by atoms with Gasteiger partial charge in [-0.25, -0.2) is 4.98 Å². The summed E-state index contributed by atoms with van der Waals surface area (Å²) in [5.74, 6) is 1.06. The highest BCUT2D eigenvalue weighted by molar-refractivity contribution is 5.49. The Morgan fingerprint density at radius 1 is 1.30 bits per heavy atom. The third-order valence-corrected chi connectivity index (χ3v) is 4.42. The number of aromatic nitrogens is 1. The second-order valence-corrected chi connectivity index (χ2v) is 6.75. The van der Waals surface area contributed by atoms with Gasteiger partial charge in [-0.2, -0.15) is 0 Å². The van der Waals surface area contributed by atoms with Crippen LogP contribution in [0.3, 0.4) is 0 Å². The molecule has 1 atom stereocenters. The van der Waals surface area contributed by atoms with Crippen LogP contribution in [0.5, 0.6) is 0 Å². The van der Waals surface area contributed by atoms with E-state index in [1.54, 1.807) is 0 Å². The standard InChI is InChI=1S/C16H25N3O/c1-16(2)6-5-13(11-16)18-14-3-4-15(17-12-14)19-7-9-20-10-8-19/h3-4,12-13,18H,5-11H2,1-2H3. The van der Waals surface area contributed by atoms with E-state index >= 15 is 0 Å². The first-order chi connectivity index (χ1) is 9.62. The van der Waals surface area contributed by atoms with Crippen molar-refractivity contribution in [3.63, 3.8) is 0 Å². The number of pyridine rings is 1. The van der Waals surface area contributed by atoms with Gasteiger partial charge in [0.25, 0.3) is 0 Å². The van der Waals surface area contributed by atoms with Crippen molar-refractivity contribution in [2.75, 3.05) is 36.5 Å². The molecule has 4 nitrogen and oxygen atoms in total.